The number of nitrogens with zero attached hydrogens (tertiary/aromatic N) is 2. The first-order valence-corrected chi connectivity index (χ1v) is 7.59. The first-order chi connectivity index (χ1) is 10.9. The van der Waals surface area contributed by atoms with Crippen LogP contribution >= 0.6 is 0 Å². The van der Waals surface area contributed by atoms with E-state index in [0.29, 0.717) is 0 Å². The molecule has 0 radical (unpaired) electrons. The monoisotopic (exact) mass is 295 g/mol. The van der Waals surface area contributed by atoms with Crippen molar-refractivity contribution >= 4 is 10.8 Å². The number of fused-ring (bicyclic) bond motifs is 1. The van der Waals surface area contributed by atoms with Crippen LogP contribution in [-0.4, -0.2) is 23.2 Å². The highest BCUT2D eigenvalue weighted by atomic mass is 16.5. The van der Waals surface area contributed by atoms with Crippen molar-refractivity contribution in [1.82, 2.24) is 14.9 Å². The van der Waals surface area contributed by atoms with Gasteiger partial charge in [0.25, 0.3) is 0 Å². The minimum absolute atomic E-state index is 0.814. The maximum atomic E-state index is 5.52. The van der Waals surface area contributed by atoms with E-state index in [1.54, 1.807) is 7.11 Å². The van der Waals surface area contributed by atoms with Crippen LogP contribution in [0.1, 0.15) is 12.0 Å². The molecule has 3 aromatic rings. The van der Waals surface area contributed by atoms with Crippen LogP contribution in [0.5, 0.6) is 5.75 Å². The van der Waals surface area contributed by atoms with Gasteiger partial charge in [0.05, 0.1) is 13.4 Å². The maximum absolute atomic E-state index is 5.52. The van der Waals surface area contributed by atoms with Gasteiger partial charge in [0.15, 0.2) is 0 Å². The van der Waals surface area contributed by atoms with Crippen LogP contribution in [0.2, 0.25) is 0 Å². The topological polar surface area (TPSA) is 39.1 Å². The lowest BCUT2D eigenvalue weighted by Crippen LogP contribution is -2.17. The van der Waals surface area contributed by atoms with Crippen molar-refractivity contribution in [3.63, 3.8) is 0 Å². The molecular weight excluding hydrogens is 274 g/mol. The average Bonchev–Trinajstić information content (AvgIpc) is 3.08. The van der Waals surface area contributed by atoms with Gasteiger partial charge in [-0.2, -0.15) is 0 Å². The molecule has 0 fully saturated rings. The first-order valence-electron chi connectivity index (χ1n) is 7.59. The molecule has 0 aliphatic heterocycles. The Bertz CT molecular complexity index is 722. The van der Waals surface area contributed by atoms with Gasteiger partial charge in [-0.3, -0.25) is 0 Å². The fraction of sp³-hybridized carbons (Fsp3) is 0.278. The molecular formula is C18H21N3O. The van der Waals surface area contributed by atoms with Gasteiger partial charge >= 0.3 is 0 Å². The lowest BCUT2D eigenvalue weighted by Gasteiger charge is -2.13. The second-order valence-corrected chi connectivity index (χ2v) is 5.30. The number of ether oxygens (including phenoxy) is 1. The van der Waals surface area contributed by atoms with E-state index >= 15 is 0 Å². The van der Waals surface area contributed by atoms with Crippen LogP contribution in [0.4, 0.5) is 0 Å². The standard InChI is InChI=1S/C18H21N3O/c1-22-18-8-7-15-5-2-3-6-16(15)17(18)13-19-9-4-11-21-12-10-20-14-21/h2-3,5-8,10,12,14,19H,4,9,11,13H2,1H3. The third-order valence-electron chi connectivity index (χ3n) is 3.85. The molecule has 0 aliphatic carbocycles. The van der Waals surface area contributed by atoms with Gasteiger partial charge in [-0.25, -0.2) is 4.98 Å². The molecule has 114 valence electrons. The molecule has 0 unspecified atom stereocenters. The third-order valence-corrected chi connectivity index (χ3v) is 3.85. The van der Waals surface area contributed by atoms with E-state index in [1.165, 1.54) is 16.3 Å². The van der Waals surface area contributed by atoms with Gasteiger partial charge in [-0.1, -0.05) is 30.3 Å². The molecule has 1 N–H and O–H groups in total. The fourth-order valence-corrected chi connectivity index (χ4v) is 2.71. The summed E-state index contributed by atoms with van der Waals surface area (Å²) in [5, 5.41) is 6.02. The summed E-state index contributed by atoms with van der Waals surface area (Å²) in [6, 6.07) is 12.6. The summed E-state index contributed by atoms with van der Waals surface area (Å²) in [6.45, 7) is 2.76. The molecule has 1 heterocycles. The number of methoxy groups -OCH3 is 1. The highest BCUT2D eigenvalue weighted by molar-refractivity contribution is 5.87. The molecule has 0 bridgehead atoms. The van der Waals surface area contributed by atoms with Crippen molar-refractivity contribution in [3.8, 4) is 5.75 Å². The molecule has 0 saturated heterocycles. The number of benzene rings is 2. The summed E-state index contributed by atoms with van der Waals surface area (Å²) in [4.78, 5) is 4.05. The molecule has 0 aliphatic rings. The minimum Gasteiger partial charge on any atom is -0.496 e. The number of hydrogen-bond acceptors (Lipinski definition) is 3. The van der Waals surface area contributed by atoms with E-state index in [2.05, 4.69) is 45.2 Å². The van der Waals surface area contributed by atoms with Gasteiger partial charge in [-0.15, -0.1) is 0 Å². The molecule has 0 amide bonds. The van der Waals surface area contributed by atoms with E-state index in [1.807, 2.05) is 24.8 Å². The largest absolute Gasteiger partial charge is 0.496 e. The first kappa shape index (κ1) is 14.6. The molecule has 3 rings (SSSR count). The lowest BCUT2D eigenvalue weighted by molar-refractivity contribution is 0.408. The highest BCUT2D eigenvalue weighted by Gasteiger charge is 2.07. The summed E-state index contributed by atoms with van der Waals surface area (Å²) in [7, 11) is 1.73. The average molecular weight is 295 g/mol. The second kappa shape index (κ2) is 7.09. The Kier molecular flexibility index (Phi) is 4.71. The molecule has 22 heavy (non-hydrogen) atoms. The number of nitrogens with one attached hydrogen (secondary N) is 1. The Morgan fingerprint density at radius 2 is 2.09 bits per heavy atom. The van der Waals surface area contributed by atoms with Crippen LogP contribution in [0.3, 0.4) is 0 Å². The molecule has 0 saturated carbocycles. The molecule has 2 aromatic carbocycles. The van der Waals surface area contributed by atoms with Gasteiger partial charge in [0.2, 0.25) is 0 Å². The Morgan fingerprint density at radius 3 is 2.91 bits per heavy atom. The Balaban J connectivity index is 1.62. The number of aromatic nitrogens is 2. The van der Waals surface area contributed by atoms with Gasteiger partial charge in [0, 0.05) is 31.0 Å². The highest BCUT2D eigenvalue weighted by Crippen LogP contribution is 2.27. The zero-order valence-corrected chi connectivity index (χ0v) is 12.8. The zero-order chi connectivity index (χ0) is 15.2. The van der Waals surface area contributed by atoms with Crippen molar-refractivity contribution in [2.24, 2.45) is 0 Å². The van der Waals surface area contributed by atoms with E-state index in [0.717, 1.165) is 31.8 Å². The maximum Gasteiger partial charge on any atom is 0.123 e. The van der Waals surface area contributed by atoms with E-state index < -0.39 is 0 Å². The quantitative estimate of drug-likeness (QED) is 0.680. The number of imidazole rings is 1. The summed E-state index contributed by atoms with van der Waals surface area (Å²) >= 11 is 0. The Labute approximate surface area is 130 Å². The van der Waals surface area contributed by atoms with Crippen molar-refractivity contribution in [2.75, 3.05) is 13.7 Å². The van der Waals surface area contributed by atoms with Crippen molar-refractivity contribution < 1.29 is 4.74 Å². The van der Waals surface area contributed by atoms with Crippen molar-refractivity contribution in [1.29, 1.82) is 0 Å². The smallest absolute Gasteiger partial charge is 0.123 e. The summed E-state index contributed by atoms with van der Waals surface area (Å²) in [6.07, 6.45) is 6.74. The Hall–Kier alpha value is -2.33. The Morgan fingerprint density at radius 1 is 1.18 bits per heavy atom. The lowest BCUT2D eigenvalue weighted by atomic mass is 10.0. The minimum atomic E-state index is 0.814. The third kappa shape index (κ3) is 3.28. The molecule has 4 nitrogen and oxygen atoms in total. The predicted octanol–water partition coefficient (Wildman–Crippen LogP) is 3.22. The van der Waals surface area contributed by atoms with Crippen LogP contribution in [0.15, 0.2) is 55.1 Å². The van der Waals surface area contributed by atoms with Gasteiger partial charge in [0.1, 0.15) is 5.75 Å². The number of rotatable bonds is 7. The number of aryl methyl sites for hydroxylation is 1. The fourth-order valence-electron chi connectivity index (χ4n) is 2.71. The SMILES string of the molecule is COc1ccc2ccccc2c1CNCCCn1ccnc1. The normalized spacial score (nSPS) is 11.0. The van der Waals surface area contributed by atoms with Crippen LogP contribution < -0.4 is 10.1 Å². The molecule has 0 spiro atoms. The predicted molar refractivity (Wildman–Crippen MR) is 89.1 cm³/mol. The summed E-state index contributed by atoms with van der Waals surface area (Å²) in [5.74, 6) is 0.945. The molecule has 4 heteroatoms. The van der Waals surface area contributed by atoms with Crippen LogP contribution in [0, 0.1) is 0 Å². The molecule has 0 atom stereocenters. The zero-order valence-electron chi connectivity index (χ0n) is 12.8. The van der Waals surface area contributed by atoms with Crippen LogP contribution in [0.25, 0.3) is 10.8 Å². The second-order valence-electron chi connectivity index (χ2n) is 5.30. The van der Waals surface area contributed by atoms with E-state index in [9.17, 15) is 0 Å². The summed E-state index contributed by atoms with van der Waals surface area (Å²) < 4.78 is 7.61. The van der Waals surface area contributed by atoms with E-state index in [4.69, 9.17) is 4.74 Å². The summed E-state index contributed by atoms with van der Waals surface area (Å²) in [5.41, 5.74) is 1.23. The van der Waals surface area contributed by atoms with Crippen LogP contribution in [-0.2, 0) is 13.1 Å². The van der Waals surface area contributed by atoms with Gasteiger partial charge in [-0.05, 0) is 29.8 Å². The van der Waals surface area contributed by atoms with Crippen molar-refractivity contribution in [2.45, 2.75) is 19.5 Å². The van der Waals surface area contributed by atoms with Crippen molar-refractivity contribution in [3.05, 3.63) is 60.7 Å². The van der Waals surface area contributed by atoms with E-state index in [-0.39, 0.29) is 0 Å². The van der Waals surface area contributed by atoms with Gasteiger partial charge < -0.3 is 14.6 Å². The number of hydrogen-bond donors (Lipinski definition) is 1. The molecule has 1 aromatic heterocycles.